The summed E-state index contributed by atoms with van der Waals surface area (Å²) in [5, 5.41) is 0.315. The molecule has 0 aliphatic carbocycles. The summed E-state index contributed by atoms with van der Waals surface area (Å²) >= 11 is 0. The van der Waals surface area contributed by atoms with Crippen molar-refractivity contribution in [2.45, 2.75) is 25.8 Å². The van der Waals surface area contributed by atoms with Crippen molar-refractivity contribution in [3.63, 3.8) is 0 Å². The fraction of sp³-hybridized carbons (Fsp3) is 0.833. The number of hydrogen-bond donors (Lipinski definition) is 0. The van der Waals surface area contributed by atoms with Gasteiger partial charge in [0.05, 0.1) is 0 Å². The van der Waals surface area contributed by atoms with E-state index in [0.29, 0.717) is 5.41 Å². The van der Waals surface area contributed by atoms with Gasteiger partial charge in [-0.25, -0.2) is 0 Å². The first-order valence-corrected chi connectivity index (χ1v) is 5.29. The normalized spacial score (nSPS) is 27.9. The summed E-state index contributed by atoms with van der Waals surface area (Å²) in [7, 11) is -1.34. The van der Waals surface area contributed by atoms with Crippen molar-refractivity contribution in [2.75, 3.05) is 6.61 Å². The summed E-state index contributed by atoms with van der Waals surface area (Å²) in [5.74, 6) is 0. The third-order valence-electron chi connectivity index (χ3n) is 1.63. The molecule has 0 aromatic carbocycles. The van der Waals surface area contributed by atoms with Gasteiger partial charge >= 0.3 is 0 Å². The largest absolute Gasteiger partial charge is 0.412 e. The number of hydrogen-bond acceptors (Lipinski definition) is 2. The van der Waals surface area contributed by atoms with Gasteiger partial charge in [0.15, 0.2) is 0 Å². The molecule has 0 aromatic rings. The predicted octanol–water partition coefficient (Wildman–Crippen LogP) is 0.649. The van der Waals surface area contributed by atoms with Crippen molar-refractivity contribution in [3.05, 3.63) is 0 Å². The molecule has 0 bridgehead atoms. The minimum absolute atomic E-state index is 0.315. The van der Waals surface area contributed by atoms with Crippen LogP contribution in [0.1, 0.15) is 19.8 Å². The lowest BCUT2D eigenvalue weighted by Crippen LogP contribution is -2.30. The maximum absolute atomic E-state index is 10.7. The van der Waals surface area contributed by atoms with Crippen LogP contribution in [-0.4, -0.2) is 21.1 Å². The van der Waals surface area contributed by atoms with Gasteiger partial charge in [0.1, 0.15) is 5.41 Å². The molecule has 1 aliphatic rings. The van der Waals surface area contributed by atoms with Crippen molar-refractivity contribution < 1.29 is 9.22 Å². The summed E-state index contributed by atoms with van der Waals surface area (Å²) in [6.45, 7) is 2.48. The molecular formula is C6H12O2Si. The highest BCUT2D eigenvalue weighted by atomic mass is 28.3. The second-order valence-corrected chi connectivity index (χ2v) is 5.17. The monoisotopic (exact) mass is 144 g/mol. The van der Waals surface area contributed by atoms with Crippen molar-refractivity contribution in [3.8, 4) is 0 Å². The molecule has 1 unspecified atom stereocenters. The van der Waals surface area contributed by atoms with Crippen molar-refractivity contribution >= 4 is 14.4 Å². The zero-order valence-electron chi connectivity index (χ0n) is 5.72. The first kappa shape index (κ1) is 6.96. The molecule has 0 radical (unpaired) electrons. The van der Waals surface area contributed by atoms with Gasteiger partial charge in [0.25, 0.3) is 0 Å². The molecule has 0 spiro atoms. The van der Waals surface area contributed by atoms with Crippen LogP contribution in [0.3, 0.4) is 0 Å². The Kier molecular flexibility index (Phi) is 2.42. The molecule has 0 amide bonds. The van der Waals surface area contributed by atoms with E-state index in [9.17, 15) is 4.79 Å². The molecule has 1 heterocycles. The SMILES string of the molecule is CC(=O)[SiH]1CCCCO1. The van der Waals surface area contributed by atoms with Crippen LogP contribution in [0.25, 0.3) is 0 Å². The Morgan fingerprint density at radius 1 is 1.56 bits per heavy atom. The average molecular weight is 144 g/mol. The van der Waals surface area contributed by atoms with E-state index in [1.165, 1.54) is 6.42 Å². The molecule has 1 aliphatic heterocycles. The Balaban J connectivity index is 2.31. The van der Waals surface area contributed by atoms with Gasteiger partial charge in [0.2, 0.25) is 9.04 Å². The molecule has 0 aromatic heterocycles. The quantitative estimate of drug-likeness (QED) is 0.505. The molecule has 1 saturated heterocycles. The van der Waals surface area contributed by atoms with E-state index >= 15 is 0 Å². The highest BCUT2D eigenvalue weighted by Crippen LogP contribution is 2.10. The van der Waals surface area contributed by atoms with Crippen LogP contribution in [-0.2, 0) is 9.22 Å². The maximum atomic E-state index is 10.7. The minimum Gasteiger partial charge on any atom is -0.412 e. The van der Waals surface area contributed by atoms with Gasteiger partial charge in [0, 0.05) is 6.61 Å². The van der Waals surface area contributed by atoms with Gasteiger partial charge < -0.3 is 9.22 Å². The van der Waals surface area contributed by atoms with Crippen LogP contribution in [0.5, 0.6) is 0 Å². The third-order valence-corrected chi connectivity index (χ3v) is 4.11. The first-order valence-electron chi connectivity index (χ1n) is 3.43. The molecule has 0 saturated carbocycles. The lowest BCUT2D eigenvalue weighted by Gasteiger charge is -2.17. The van der Waals surface area contributed by atoms with Crippen molar-refractivity contribution in [2.24, 2.45) is 0 Å². The molecular weight excluding hydrogens is 132 g/mol. The highest BCUT2D eigenvalue weighted by molar-refractivity contribution is 6.85. The van der Waals surface area contributed by atoms with E-state index in [4.69, 9.17) is 4.43 Å². The smallest absolute Gasteiger partial charge is 0.248 e. The Morgan fingerprint density at radius 2 is 2.33 bits per heavy atom. The fourth-order valence-corrected chi connectivity index (χ4v) is 2.98. The van der Waals surface area contributed by atoms with E-state index in [1.54, 1.807) is 6.92 Å². The highest BCUT2D eigenvalue weighted by Gasteiger charge is 2.20. The second kappa shape index (κ2) is 3.13. The van der Waals surface area contributed by atoms with Crippen molar-refractivity contribution in [1.82, 2.24) is 0 Å². The van der Waals surface area contributed by atoms with E-state index in [-0.39, 0.29) is 0 Å². The summed E-state index contributed by atoms with van der Waals surface area (Å²) in [4.78, 5) is 10.7. The van der Waals surface area contributed by atoms with E-state index in [0.717, 1.165) is 19.1 Å². The lowest BCUT2D eigenvalue weighted by molar-refractivity contribution is -0.111. The Labute approximate surface area is 56.9 Å². The molecule has 52 valence electrons. The molecule has 1 fully saturated rings. The summed E-state index contributed by atoms with van der Waals surface area (Å²) in [6.07, 6.45) is 2.35. The number of rotatable bonds is 1. The first-order chi connectivity index (χ1) is 4.30. The van der Waals surface area contributed by atoms with Gasteiger partial charge in [-0.3, -0.25) is 0 Å². The topological polar surface area (TPSA) is 26.3 Å². The van der Waals surface area contributed by atoms with E-state index in [2.05, 4.69) is 0 Å². The van der Waals surface area contributed by atoms with Gasteiger partial charge in [-0.05, 0) is 19.4 Å². The fourth-order valence-electron chi connectivity index (χ4n) is 1.06. The zero-order chi connectivity index (χ0) is 6.69. The summed E-state index contributed by atoms with van der Waals surface area (Å²) in [6, 6.07) is 1.06. The van der Waals surface area contributed by atoms with Crippen LogP contribution in [0.2, 0.25) is 6.04 Å². The second-order valence-electron chi connectivity index (χ2n) is 2.47. The van der Waals surface area contributed by atoms with Gasteiger partial charge in [-0.15, -0.1) is 0 Å². The van der Waals surface area contributed by atoms with Crippen LogP contribution in [0.15, 0.2) is 0 Å². The average Bonchev–Trinajstić information content (AvgIpc) is 1.90. The van der Waals surface area contributed by atoms with E-state index < -0.39 is 9.04 Å². The van der Waals surface area contributed by atoms with E-state index in [1.807, 2.05) is 0 Å². The molecule has 0 N–H and O–H groups in total. The molecule has 9 heavy (non-hydrogen) atoms. The molecule has 1 rings (SSSR count). The maximum Gasteiger partial charge on any atom is 0.248 e. The van der Waals surface area contributed by atoms with Crippen LogP contribution < -0.4 is 0 Å². The Morgan fingerprint density at radius 3 is 2.67 bits per heavy atom. The molecule has 3 heteroatoms. The van der Waals surface area contributed by atoms with Crippen molar-refractivity contribution in [1.29, 1.82) is 0 Å². The summed E-state index contributed by atoms with van der Waals surface area (Å²) in [5.41, 5.74) is 0. The van der Waals surface area contributed by atoms with Crippen LogP contribution >= 0.6 is 0 Å². The zero-order valence-corrected chi connectivity index (χ0v) is 6.88. The molecule has 1 atom stereocenters. The molecule has 2 nitrogen and oxygen atoms in total. The van der Waals surface area contributed by atoms with Crippen LogP contribution in [0, 0.1) is 0 Å². The lowest BCUT2D eigenvalue weighted by atomic mass is 10.4. The van der Waals surface area contributed by atoms with Crippen LogP contribution in [0.4, 0.5) is 0 Å². The Hall–Kier alpha value is -0.153. The number of carbonyl (C=O) groups excluding carboxylic acids is 1. The number of carbonyl (C=O) groups is 1. The van der Waals surface area contributed by atoms with Gasteiger partial charge in [-0.1, -0.05) is 6.42 Å². The predicted molar refractivity (Wildman–Crippen MR) is 37.8 cm³/mol. The Bertz CT molecular complexity index is 108. The summed E-state index contributed by atoms with van der Waals surface area (Å²) < 4.78 is 5.33. The third kappa shape index (κ3) is 1.91. The standard InChI is InChI=1S/C6H12O2Si/c1-6(7)9-5-3-2-4-8-9/h9H,2-5H2,1H3. The minimum atomic E-state index is -1.34. The van der Waals surface area contributed by atoms with Gasteiger partial charge in [-0.2, -0.15) is 0 Å².